The number of allylic oxidation sites excluding steroid dienone is 4. The van der Waals surface area contributed by atoms with Gasteiger partial charge in [-0.1, -0.05) is 37.1 Å². The molecule has 0 aromatic carbocycles. The van der Waals surface area contributed by atoms with E-state index < -0.39 is 0 Å². The van der Waals surface area contributed by atoms with E-state index in [0.717, 1.165) is 12.8 Å². The molecule has 58 valence electrons. The van der Waals surface area contributed by atoms with Crippen LogP contribution in [0.3, 0.4) is 0 Å². The van der Waals surface area contributed by atoms with E-state index in [2.05, 4.69) is 39.8 Å². The van der Waals surface area contributed by atoms with Crippen LogP contribution in [0.15, 0.2) is 23.3 Å². The normalized spacial score (nSPS) is 14.0. The van der Waals surface area contributed by atoms with E-state index in [4.69, 9.17) is 0 Å². The van der Waals surface area contributed by atoms with Crippen molar-refractivity contribution >= 4 is 0 Å². The van der Waals surface area contributed by atoms with Gasteiger partial charge in [-0.3, -0.25) is 0 Å². The predicted molar refractivity (Wildman–Crippen MR) is 48.1 cm³/mol. The minimum absolute atomic E-state index is 1.14. The van der Waals surface area contributed by atoms with E-state index in [0.29, 0.717) is 0 Å². The number of hydrogen-bond acceptors (Lipinski definition) is 0. The van der Waals surface area contributed by atoms with Crippen molar-refractivity contribution in [3.63, 3.8) is 0 Å². The first-order valence-corrected chi connectivity index (χ1v) is 4.06. The molecular formula is C10H18. The van der Waals surface area contributed by atoms with Gasteiger partial charge in [-0.2, -0.15) is 0 Å². The SMILES string of the molecule is CCC=C(C)C(C)=CCC. The van der Waals surface area contributed by atoms with Crippen LogP contribution in [0.25, 0.3) is 0 Å². The van der Waals surface area contributed by atoms with Crippen LogP contribution in [0.2, 0.25) is 0 Å². The summed E-state index contributed by atoms with van der Waals surface area (Å²) in [5, 5.41) is 0. The van der Waals surface area contributed by atoms with Crippen molar-refractivity contribution in [2.24, 2.45) is 0 Å². The molecule has 0 saturated carbocycles. The average molecular weight is 138 g/mol. The molecule has 0 amide bonds. The minimum Gasteiger partial charge on any atom is -0.0816 e. The topological polar surface area (TPSA) is 0 Å². The predicted octanol–water partition coefficient (Wildman–Crippen LogP) is 3.70. The summed E-state index contributed by atoms with van der Waals surface area (Å²) in [5.41, 5.74) is 2.84. The van der Waals surface area contributed by atoms with Crippen molar-refractivity contribution in [3.8, 4) is 0 Å². The molecule has 0 heteroatoms. The van der Waals surface area contributed by atoms with Crippen LogP contribution in [0.5, 0.6) is 0 Å². The molecule has 0 aliphatic carbocycles. The number of rotatable bonds is 3. The summed E-state index contributed by atoms with van der Waals surface area (Å²) >= 11 is 0. The Morgan fingerprint density at radius 2 is 1.20 bits per heavy atom. The second-order valence-electron chi connectivity index (χ2n) is 2.59. The van der Waals surface area contributed by atoms with Crippen molar-refractivity contribution in [3.05, 3.63) is 23.3 Å². The molecule has 0 unspecified atom stereocenters. The Balaban J connectivity index is 4.06. The highest BCUT2D eigenvalue weighted by Crippen LogP contribution is 2.09. The zero-order valence-corrected chi connectivity index (χ0v) is 7.57. The van der Waals surface area contributed by atoms with Gasteiger partial charge in [0.05, 0.1) is 0 Å². The highest BCUT2D eigenvalue weighted by Gasteiger charge is 1.88. The summed E-state index contributed by atoms with van der Waals surface area (Å²) in [6.45, 7) is 8.68. The molecule has 0 N–H and O–H groups in total. The van der Waals surface area contributed by atoms with E-state index in [1.54, 1.807) is 0 Å². The quantitative estimate of drug-likeness (QED) is 0.522. The van der Waals surface area contributed by atoms with Gasteiger partial charge in [-0.05, 0) is 26.7 Å². The first-order valence-electron chi connectivity index (χ1n) is 4.06. The molecule has 0 aliphatic rings. The van der Waals surface area contributed by atoms with Crippen LogP contribution in [-0.2, 0) is 0 Å². The molecule has 0 aromatic heterocycles. The third-order valence-electron chi connectivity index (χ3n) is 1.64. The summed E-state index contributed by atoms with van der Waals surface area (Å²) in [7, 11) is 0. The summed E-state index contributed by atoms with van der Waals surface area (Å²) in [6.07, 6.45) is 6.81. The third kappa shape index (κ3) is 3.49. The van der Waals surface area contributed by atoms with E-state index in [1.165, 1.54) is 11.1 Å². The van der Waals surface area contributed by atoms with Crippen molar-refractivity contribution in [2.75, 3.05) is 0 Å². The second-order valence-corrected chi connectivity index (χ2v) is 2.59. The van der Waals surface area contributed by atoms with Gasteiger partial charge < -0.3 is 0 Å². The molecule has 0 aliphatic heterocycles. The smallest absolute Gasteiger partial charge is 0.0374 e. The highest BCUT2D eigenvalue weighted by molar-refractivity contribution is 5.26. The van der Waals surface area contributed by atoms with Crippen LogP contribution in [-0.4, -0.2) is 0 Å². The zero-order valence-electron chi connectivity index (χ0n) is 7.57. The van der Waals surface area contributed by atoms with Gasteiger partial charge in [0.15, 0.2) is 0 Å². The first kappa shape index (κ1) is 9.48. The monoisotopic (exact) mass is 138 g/mol. The fourth-order valence-corrected chi connectivity index (χ4v) is 0.934. The molecule has 0 fully saturated rings. The molecule has 0 saturated heterocycles. The minimum atomic E-state index is 1.14. The van der Waals surface area contributed by atoms with Gasteiger partial charge >= 0.3 is 0 Å². The van der Waals surface area contributed by atoms with Crippen LogP contribution >= 0.6 is 0 Å². The van der Waals surface area contributed by atoms with Crippen LogP contribution in [0.4, 0.5) is 0 Å². The van der Waals surface area contributed by atoms with Crippen LogP contribution in [0.1, 0.15) is 40.5 Å². The Morgan fingerprint density at radius 3 is 1.40 bits per heavy atom. The van der Waals surface area contributed by atoms with Gasteiger partial charge in [-0.25, -0.2) is 0 Å². The molecule has 0 rings (SSSR count). The summed E-state index contributed by atoms with van der Waals surface area (Å²) in [5.74, 6) is 0. The largest absolute Gasteiger partial charge is 0.0816 e. The number of hydrogen-bond donors (Lipinski definition) is 0. The lowest BCUT2D eigenvalue weighted by Gasteiger charge is -1.98. The fourth-order valence-electron chi connectivity index (χ4n) is 0.934. The first-order chi connectivity index (χ1) is 4.72. The Labute approximate surface area is 64.6 Å². The van der Waals surface area contributed by atoms with Gasteiger partial charge in [0.2, 0.25) is 0 Å². The zero-order chi connectivity index (χ0) is 7.98. The van der Waals surface area contributed by atoms with Gasteiger partial charge in [-0.15, -0.1) is 0 Å². The molecule has 0 heterocycles. The highest BCUT2D eigenvalue weighted by atomic mass is 13.9. The summed E-state index contributed by atoms with van der Waals surface area (Å²) < 4.78 is 0. The van der Waals surface area contributed by atoms with E-state index in [9.17, 15) is 0 Å². The van der Waals surface area contributed by atoms with Crippen molar-refractivity contribution in [2.45, 2.75) is 40.5 Å². The molecule has 0 radical (unpaired) electrons. The fraction of sp³-hybridized carbons (Fsp3) is 0.600. The maximum Gasteiger partial charge on any atom is -0.0374 e. The van der Waals surface area contributed by atoms with Crippen molar-refractivity contribution in [1.29, 1.82) is 0 Å². The summed E-state index contributed by atoms with van der Waals surface area (Å²) in [6, 6.07) is 0. The molecule has 0 atom stereocenters. The Hall–Kier alpha value is -0.520. The third-order valence-corrected chi connectivity index (χ3v) is 1.64. The summed E-state index contributed by atoms with van der Waals surface area (Å²) in [4.78, 5) is 0. The molecule has 0 bridgehead atoms. The molecule has 10 heavy (non-hydrogen) atoms. The van der Waals surface area contributed by atoms with Gasteiger partial charge in [0, 0.05) is 0 Å². The molecule has 0 aromatic rings. The lowest BCUT2D eigenvalue weighted by Crippen LogP contribution is -1.78. The standard InChI is InChI=1S/C10H18/c1-5-7-9(3)10(4)8-6-2/h7-8H,5-6H2,1-4H3. The van der Waals surface area contributed by atoms with Crippen LogP contribution < -0.4 is 0 Å². The van der Waals surface area contributed by atoms with Crippen LogP contribution in [0, 0.1) is 0 Å². The van der Waals surface area contributed by atoms with E-state index >= 15 is 0 Å². The molecule has 0 spiro atoms. The van der Waals surface area contributed by atoms with Gasteiger partial charge in [0.25, 0.3) is 0 Å². The van der Waals surface area contributed by atoms with Crippen molar-refractivity contribution < 1.29 is 0 Å². The molecule has 0 nitrogen and oxygen atoms in total. The second kappa shape index (κ2) is 5.28. The average Bonchev–Trinajstić information content (AvgIpc) is 1.89. The Bertz CT molecular complexity index is 120. The Morgan fingerprint density at radius 1 is 0.900 bits per heavy atom. The lowest BCUT2D eigenvalue weighted by molar-refractivity contribution is 1.14. The maximum atomic E-state index is 2.27. The lowest BCUT2D eigenvalue weighted by atomic mass is 10.1. The van der Waals surface area contributed by atoms with Gasteiger partial charge in [0.1, 0.15) is 0 Å². The Kier molecular flexibility index (Phi) is 5.00. The maximum absolute atomic E-state index is 2.27. The van der Waals surface area contributed by atoms with E-state index in [-0.39, 0.29) is 0 Å². The van der Waals surface area contributed by atoms with E-state index in [1.807, 2.05) is 0 Å². The van der Waals surface area contributed by atoms with Crippen molar-refractivity contribution in [1.82, 2.24) is 0 Å². The molecular weight excluding hydrogens is 120 g/mol.